The van der Waals surface area contributed by atoms with Gasteiger partial charge in [-0.15, -0.1) is 0 Å². The van der Waals surface area contributed by atoms with E-state index >= 15 is 0 Å². The predicted octanol–water partition coefficient (Wildman–Crippen LogP) is 2.27. The lowest BCUT2D eigenvalue weighted by Gasteiger charge is -2.08. The summed E-state index contributed by atoms with van der Waals surface area (Å²) in [7, 11) is 0. The summed E-state index contributed by atoms with van der Waals surface area (Å²) < 4.78 is 5.23. The minimum Gasteiger partial charge on any atom is -0.508 e. The Hall–Kier alpha value is -3.48. The Morgan fingerprint density at radius 3 is 2.30 bits per heavy atom. The number of phenolic OH excluding ortho intramolecular Hbond substituents is 1. The Labute approximate surface area is 128 Å². The molecule has 0 fully saturated rings. The quantitative estimate of drug-likeness (QED) is 0.571. The zero-order valence-electron chi connectivity index (χ0n) is 11.5. The van der Waals surface area contributed by atoms with Gasteiger partial charge in [-0.05, 0) is 17.7 Å². The summed E-state index contributed by atoms with van der Waals surface area (Å²) in [6, 6.07) is 6.66. The minimum atomic E-state index is -1.57. The van der Waals surface area contributed by atoms with Crippen LogP contribution in [0.15, 0.2) is 45.8 Å². The summed E-state index contributed by atoms with van der Waals surface area (Å²) in [6.07, 6.45) is 1.14. The molecule has 1 heterocycles. The lowest BCUT2D eigenvalue weighted by Crippen LogP contribution is -2.07. The number of carboxylic acid groups (broad SMARTS) is 1. The predicted molar refractivity (Wildman–Crippen MR) is 79.9 cm³/mol. The van der Waals surface area contributed by atoms with E-state index in [2.05, 4.69) is 0 Å². The number of fused-ring (bicyclic) bond motifs is 1. The topological polar surface area (TPSA) is 128 Å². The summed E-state index contributed by atoms with van der Waals surface area (Å²) in [5.41, 5.74) is -1.07. The molecule has 0 amide bonds. The number of aromatic carboxylic acids is 1. The fourth-order valence-electron chi connectivity index (χ4n) is 2.31. The van der Waals surface area contributed by atoms with E-state index in [1.807, 2.05) is 0 Å². The van der Waals surface area contributed by atoms with Crippen molar-refractivity contribution in [3.63, 3.8) is 0 Å². The smallest absolute Gasteiger partial charge is 0.343 e. The average molecular weight is 314 g/mol. The van der Waals surface area contributed by atoms with Crippen LogP contribution in [0.2, 0.25) is 0 Å². The second-order valence-corrected chi connectivity index (χ2v) is 4.82. The molecule has 0 radical (unpaired) electrons. The van der Waals surface area contributed by atoms with E-state index in [1.54, 1.807) is 0 Å². The zero-order chi connectivity index (χ0) is 16.7. The van der Waals surface area contributed by atoms with Crippen LogP contribution in [0.1, 0.15) is 10.4 Å². The van der Waals surface area contributed by atoms with E-state index in [1.165, 1.54) is 24.3 Å². The van der Waals surface area contributed by atoms with Crippen molar-refractivity contribution >= 4 is 16.9 Å². The third kappa shape index (κ3) is 2.24. The van der Waals surface area contributed by atoms with Crippen LogP contribution in [-0.4, -0.2) is 26.4 Å². The summed E-state index contributed by atoms with van der Waals surface area (Å²) in [4.78, 5) is 23.7. The van der Waals surface area contributed by atoms with Crippen molar-refractivity contribution in [2.45, 2.75) is 0 Å². The van der Waals surface area contributed by atoms with Crippen LogP contribution in [-0.2, 0) is 0 Å². The van der Waals surface area contributed by atoms with Crippen LogP contribution in [0.5, 0.6) is 17.2 Å². The van der Waals surface area contributed by atoms with Crippen LogP contribution in [0.4, 0.5) is 0 Å². The van der Waals surface area contributed by atoms with Crippen LogP contribution in [0, 0.1) is 0 Å². The van der Waals surface area contributed by atoms with Gasteiger partial charge in [0.1, 0.15) is 40.0 Å². The molecule has 2 aromatic carbocycles. The Kier molecular flexibility index (Phi) is 3.18. The number of carbonyl (C=O) groups is 1. The SMILES string of the molecule is O=C(O)c1c(O)cc2occ(-c3ccc(O)cc3)c(=O)c2c1O. The standard InChI is InChI=1S/C16H10O7/c17-8-3-1-7(2-4-8)9-6-23-11-5-10(18)12(16(21)22)15(20)13(11)14(9)19/h1-6,17-18,20H,(H,21,22). The van der Waals surface area contributed by atoms with Crippen LogP contribution < -0.4 is 5.43 Å². The van der Waals surface area contributed by atoms with Crippen LogP contribution in [0.25, 0.3) is 22.1 Å². The molecule has 0 aliphatic heterocycles. The molecule has 0 aliphatic carbocycles. The van der Waals surface area contributed by atoms with Crippen molar-refractivity contribution in [1.82, 2.24) is 0 Å². The maximum Gasteiger partial charge on any atom is 0.343 e. The molecule has 7 heteroatoms. The molecule has 0 unspecified atom stereocenters. The Bertz CT molecular complexity index is 984. The molecular formula is C16H10O7. The number of phenols is 3. The van der Waals surface area contributed by atoms with E-state index in [4.69, 9.17) is 9.52 Å². The highest BCUT2D eigenvalue weighted by molar-refractivity contribution is 6.02. The number of benzene rings is 2. The van der Waals surface area contributed by atoms with Gasteiger partial charge in [0, 0.05) is 6.07 Å². The molecule has 116 valence electrons. The van der Waals surface area contributed by atoms with E-state index in [0.717, 1.165) is 12.3 Å². The first-order valence-corrected chi connectivity index (χ1v) is 6.43. The summed E-state index contributed by atoms with van der Waals surface area (Å²) in [5.74, 6) is -3.12. The highest BCUT2D eigenvalue weighted by Gasteiger charge is 2.23. The molecule has 1 aromatic heterocycles. The van der Waals surface area contributed by atoms with E-state index in [0.29, 0.717) is 5.56 Å². The van der Waals surface area contributed by atoms with E-state index in [9.17, 15) is 24.9 Å². The number of aromatic hydroxyl groups is 3. The van der Waals surface area contributed by atoms with Gasteiger partial charge in [-0.3, -0.25) is 4.79 Å². The summed E-state index contributed by atoms with van der Waals surface area (Å²) in [5, 5.41) is 37.7. The molecule has 0 saturated heterocycles. The Morgan fingerprint density at radius 2 is 1.70 bits per heavy atom. The molecule has 3 rings (SSSR count). The maximum atomic E-state index is 12.6. The number of rotatable bonds is 2. The van der Waals surface area contributed by atoms with Crippen molar-refractivity contribution in [1.29, 1.82) is 0 Å². The molecule has 23 heavy (non-hydrogen) atoms. The van der Waals surface area contributed by atoms with Crippen molar-refractivity contribution in [2.75, 3.05) is 0 Å². The molecule has 0 spiro atoms. The van der Waals surface area contributed by atoms with Crippen LogP contribution in [0.3, 0.4) is 0 Å². The number of carboxylic acids is 1. The van der Waals surface area contributed by atoms with Gasteiger partial charge >= 0.3 is 5.97 Å². The van der Waals surface area contributed by atoms with Gasteiger partial charge in [-0.1, -0.05) is 12.1 Å². The van der Waals surface area contributed by atoms with E-state index < -0.39 is 28.5 Å². The molecule has 7 nitrogen and oxygen atoms in total. The average Bonchev–Trinajstić information content (AvgIpc) is 2.48. The fraction of sp³-hybridized carbons (Fsp3) is 0. The summed E-state index contributed by atoms with van der Waals surface area (Å²) >= 11 is 0. The zero-order valence-corrected chi connectivity index (χ0v) is 11.5. The van der Waals surface area contributed by atoms with Crippen molar-refractivity contribution in [3.05, 3.63) is 52.4 Å². The molecule has 3 aromatic rings. The molecule has 4 N–H and O–H groups in total. The van der Waals surface area contributed by atoms with Crippen molar-refractivity contribution in [2.24, 2.45) is 0 Å². The molecule has 0 bridgehead atoms. The molecule has 0 aliphatic rings. The Morgan fingerprint density at radius 1 is 1.04 bits per heavy atom. The highest BCUT2D eigenvalue weighted by atomic mass is 16.4. The van der Waals surface area contributed by atoms with Gasteiger partial charge in [-0.2, -0.15) is 0 Å². The number of hydrogen-bond acceptors (Lipinski definition) is 6. The van der Waals surface area contributed by atoms with Gasteiger partial charge < -0.3 is 24.8 Å². The number of hydrogen-bond donors (Lipinski definition) is 4. The fourth-order valence-corrected chi connectivity index (χ4v) is 2.31. The first-order chi connectivity index (χ1) is 10.9. The third-order valence-corrected chi connectivity index (χ3v) is 3.41. The van der Waals surface area contributed by atoms with E-state index in [-0.39, 0.29) is 22.3 Å². The van der Waals surface area contributed by atoms with Crippen molar-refractivity contribution < 1.29 is 29.6 Å². The van der Waals surface area contributed by atoms with Gasteiger partial charge in [0.05, 0.1) is 5.56 Å². The molecular weight excluding hydrogens is 304 g/mol. The largest absolute Gasteiger partial charge is 0.508 e. The molecule has 0 atom stereocenters. The van der Waals surface area contributed by atoms with Gasteiger partial charge in [0.2, 0.25) is 5.43 Å². The lowest BCUT2D eigenvalue weighted by molar-refractivity contribution is 0.0690. The Balaban J connectivity index is 2.37. The third-order valence-electron chi connectivity index (χ3n) is 3.41. The summed E-state index contributed by atoms with van der Waals surface area (Å²) in [6.45, 7) is 0. The van der Waals surface area contributed by atoms with Gasteiger partial charge in [0.15, 0.2) is 0 Å². The van der Waals surface area contributed by atoms with Gasteiger partial charge in [0.25, 0.3) is 0 Å². The monoisotopic (exact) mass is 314 g/mol. The lowest BCUT2D eigenvalue weighted by atomic mass is 10.0. The maximum absolute atomic E-state index is 12.6. The van der Waals surface area contributed by atoms with Crippen LogP contribution >= 0.6 is 0 Å². The first kappa shape index (κ1) is 14.5. The minimum absolute atomic E-state index is 0.0138. The van der Waals surface area contributed by atoms with Crippen molar-refractivity contribution in [3.8, 4) is 28.4 Å². The normalized spacial score (nSPS) is 10.8. The molecule has 0 saturated carbocycles. The second kappa shape index (κ2) is 5.06. The van der Waals surface area contributed by atoms with Gasteiger partial charge in [-0.25, -0.2) is 4.79 Å². The second-order valence-electron chi connectivity index (χ2n) is 4.82. The highest BCUT2D eigenvalue weighted by Crippen LogP contribution is 2.35. The first-order valence-electron chi connectivity index (χ1n) is 6.43.